The van der Waals surface area contributed by atoms with Crippen LogP contribution in [0, 0.1) is 6.92 Å². The average molecular weight is 353 g/mol. The molecule has 0 fully saturated rings. The molecule has 0 saturated carbocycles. The Balaban J connectivity index is 1.83. The van der Waals surface area contributed by atoms with Crippen LogP contribution >= 0.6 is 22.9 Å². The maximum absolute atomic E-state index is 12.1. The maximum atomic E-state index is 12.1. The quantitative estimate of drug-likeness (QED) is 0.850. The summed E-state index contributed by atoms with van der Waals surface area (Å²) in [5.41, 5.74) is 2.28. The predicted molar refractivity (Wildman–Crippen MR) is 95.6 cm³/mol. The Kier molecular flexibility index (Phi) is 6.30. The van der Waals surface area contributed by atoms with Crippen LogP contribution < -0.4 is 10.1 Å². The fourth-order valence-corrected chi connectivity index (χ4v) is 3.43. The first-order valence-corrected chi connectivity index (χ1v) is 8.55. The molecule has 0 bridgehead atoms. The lowest BCUT2D eigenvalue weighted by molar-refractivity contribution is 0.207. The summed E-state index contributed by atoms with van der Waals surface area (Å²) in [5, 5.41) is 2.93. The average Bonchev–Trinajstić information content (AvgIpc) is 2.92. The standard InChI is InChI=1S/C17H21ClN2O2S/c1-12-4-6-15(22-3)13(10-12)8-9-19-17(21)20(2)11-14-5-7-16(18)23-14/h4-7,10H,8-9,11H2,1-3H3,(H,19,21). The minimum absolute atomic E-state index is 0.0962. The number of nitrogens with one attached hydrogen (secondary N) is 1. The van der Waals surface area contributed by atoms with Gasteiger partial charge in [0.05, 0.1) is 18.0 Å². The molecule has 1 aromatic carbocycles. The lowest BCUT2D eigenvalue weighted by atomic mass is 10.1. The van der Waals surface area contributed by atoms with E-state index in [-0.39, 0.29) is 6.03 Å². The van der Waals surface area contributed by atoms with E-state index >= 15 is 0 Å². The molecule has 0 spiro atoms. The van der Waals surface area contributed by atoms with Gasteiger partial charge in [-0.05, 0) is 37.1 Å². The van der Waals surface area contributed by atoms with Crippen molar-refractivity contribution in [2.75, 3.05) is 20.7 Å². The lowest BCUT2D eigenvalue weighted by Gasteiger charge is -2.17. The smallest absolute Gasteiger partial charge is 0.317 e. The van der Waals surface area contributed by atoms with Crippen LogP contribution in [0.4, 0.5) is 4.79 Å². The van der Waals surface area contributed by atoms with Crippen LogP contribution in [0.5, 0.6) is 5.75 Å². The van der Waals surface area contributed by atoms with Crippen LogP contribution in [0.25, 0.3) is 0 Å². The number of methoxy groups -OCH3 is 1. The largest absolute Gasteiger partial charge is 0.496 e. The Morgan fingerprint density at radius 1 is 1.35 bits per heavy atom. The fourth-order valence-electron chi connectivity index (χ4n) is 2.28. The van der Waals surface area contributed by atoms with E-state index in [4.69, 9.17) is 16.3 Å². The van der Waals surface area contributed by atoms with Crippen LogP contribution in [-0.4, -0.2) is 31.6 Å². The number of carbonyl (C=O) groups is 1. The van der Waals surface area contributed by atoms with Crippen molar-refractivity contribution in [1.29, 1.82) is 0 Å². The zero-order valence-corrected chi connectivity index (χ0v) is 15.1. The minimum atomic E-state index is -0.0962. The molecule has 0 radical (unpaired) electrons. The number of benzene rings is 1. The third-order valence-corrected chi connectivity index (χ3v) is 4.69. The molecular formula is C17H21ClN2O2S. The molecule has 0 aliphatic heterocycles. The van der Waals surface area contributed by atoms with Gasteiger partial charge in [0.1, 0.15) is 5.75 Å². The molecule has 2 rings (SSSR count). The van der Waals surface area contributed by atoms with Gasteiger partial charge < -0.3 is 15.0 Å². The normalized spacial score (nSPS) is 10.4. The summed E-state index contributed by atoms with van der Waals surface area (Å²) in [4.78, 5) is 14.8. The molecule has 0 atom stereocenters. The molecule has 23 heavy (non-hydrogen) atoms. The van der Waals surface area contributed by atoms with Crippen LogP contribution in [0.3, 0.4) is 0 Å². The van der Waals surface area contributed by atoms with Crippen molar-refractivity contribution in [2.45, 2.75) is 19.9 Å². The number of thiophene rings is 1. The highest BCUT2D eigenvalue weighted by molar-refractivity contribution is 7.16. The van der Waals surface area contributed by atoms with E-state index in [1.54, 1.807) is 19.1 Å². The monoisotopic (exact) mass is 352 g/mol. The van der Waals surface area contributed by atoms with Crippen molar-refractivity contribution in [3.05, 3.63) is 50.7 Å². The van der Waals surface area contributed by atoms with Gasteiger partial charge in [0.15, 0.2) is 0 Å². The van der Waals surface area contributed by atoms with E-state index in [9.17, 15) is 4.79 Å². The number of urea groups is 1. The van der Waals surface area contributed by atoms with Crippen molar-refractivity contribution >= 4 is 29.0 Å². The van der Waals surface area contributed by atoms with Gasteiger partial charge in [0.2, 0.25) is 0 Å². The van der Waals surface area contributed by atoms with E-state index in [0.29, 0.717) is 13.1 Å². The van der Waals surface area contributed by atoms with E-state index in [2.05, 4.69) is 11.4 Å². The first kappa shape index (κ1) is 17.6. The third kappa shape index (κ3) is 5.15. The summed E-state index contributed by atoms with van der Waals surface area (Å²) in [7, 11) is 3.43. The van der Waals surface area contributed by atoms with E-state index < -0.39 is 0 Å². The molecule has 6 heteroatoms. The van der Waals surface area contributed by atoms with Gasteiger partial charge in [-0.3, -0.25) is 0 Å². The van der Waals surface area contributed by atoms with Gasteiger partial charge in [-0.1, -0.05) is 29.3 Å². The molecule has 2 amide bonds. The first-order valence-electron chi connectivity index (χ1n) is 7.36. The number of hydrogen-bond acceptors (Lipinski definition) is 3. The topological polar surface area (TPSA) is 41.6 Å². The van der Waals surface area contributed by atoms with E-state index in [1.807, 2.05) is 31.2 Å². The van der Waals surface area contributed by atoms with Crippen LogP contribution in [0.2, 0.25) is 4.34 Å². The van der Waals surface area contributed by atoms with Crippen molar-refractivity contribution < 1.29 is 9.53 Å². The van der Waals surface area contributed by atoms with Gasteiger partial charge in [0.25, 0.3) is 0 Å². The second kappa shape index (κ2) is 8.22. The second-order valence-corrected chi connectivity index (χ2v) is 7.16. The number of hydrogen-bond donors (Lipinski definition) is 1. The molecule has 1 N–H and O–H groups in total. The Labute approximate surface area is 146 Å². The Morgan fingerprint density at radius 3 is 2.78 bits per heavy atom. The molecule has 2 aromatic rings. The molecule has 0 aliphatic rings. The van der Waals surface area contributed by atoms with Gasteiger partial charge in [-0.15, -0.1) is 11.3 Å². The number of ether oxygens (including phenoxy) is 1. The molecule has 0 unspecified atom stereocenters. The summed E-state index contributed by atoms with van der Waals surface area (Å²) in [6.07, 6.45) is 0.731. The van der Waals surface area contributed by atoms with Crippen LogP contribution in [-0.2, 0) is 13.0 Å². The summed E-state index contributed by atoms with van der Waals surface area (Å²) >= 11 is 7.39. The SMILES string of the molecule is COc1ccc(C)cc1CCNC(=O)N(C)Cc1ccc(Cl)s1. The molecule has 4 nitrogen and oxygen atoms in total. The zero-order valence-electron chi connectivity index (χ0n) is 13.6. The molecule has 1 heterocycles. The summed E-state index contributed by atoms with van der Waals surface area (Å²) in [6, 6.07) is 9.75. The number of rotatable bonds is 6. The highest BCUT2D eigenvalue weighted by Gasteiger charge is 2.10. The second-order valence-electron chi connectivity index (χ2n) is 5.36. The van der Waals surface area contributed by atoms with E-state index in [1.165, 1.54) is 16.9 Å². The van der Waals surface area contributed by atoms with Gasteiger partial charge in [-0.25, -0.2) is 4.79 Å². The van der Waals surface area contributed by atoms with E-state index in [0.717, 1.165) is 26.9 Å². The number of nitrogens with zero attached hydrogens (tertiary/aromatic N) is 1. The minimum Gasteiger partial charge on any atom is -0.496 e. The molecule has 0 aliphatic carbocycles. The number of amides is 2. The maximum Gasteiger partial charge on any atom is 0.317 e. The highest BCUT2D eigenvalue weighted by Crippen LogP contribution is 2.22. The zero-order chi connectivity index (χ0) is 16.8. The van der Waals surface area contributed by atoms with Gasteiger partial charge in [0, 0.05) is 18.5 Å². The Bertz CT molecular complexity index is 672. The summed E-state index contributed by atoms with van der Waals surface area (Å²) in [6.45, 7) is 3.16. The lowest BCUT2D eigenvalue weighted by Crippen LogP contribution is -2.37. The van der Waals surface area contributed by atoms with Crippen molar-refractivity contribution in [3.8, 4) is 5.75 Å². The highest BCUT2D eigenvalue weighted by atomic mass is 35.5. The Hall–Kier alpha value is -1.72. The van der Waals surface area contributed by atoms with Crippen molar-refractivity contribution in [1.82, 2.24) is 10.2 Å². The van der Waals surface area contributed by atoms with Crippen molar-refractivity contribution in [2.24, 2.45) is 0 Å². The molecule has 1 aromatic heterocycles. The van der Waals surface area contributed by atoms with Crippen molar-refractivity contribution in [3.63, 3.8) is 0 Å². The molecule has 124 valence electrons. The predicted octanol–water partition coefficient (Wildman–Crippen LogP) is 4.10. The van der Waals surface area contributed by atoms with Crippen LogP contribution in [0.1, 0.15) is 16.0 Å². The molecule has 0 saturated heterocycles. The molecular weight excluding hydrogens is 332 g/mol. The van der Waals surface area contributed by atoms with Crippen LogP contribution in [0.15, 0.2) is 30.3 Å². The Morgan fingerprint density at radius 2 is 2.13 bits per heavy atom. The fraction of sp³-hybridized carbons (Fsp3) is 0.353. The summed E-state index contributed by atoms with van der Waals surface area (Å²) in [5.74, 6) is 0.853. The number of carbonyl (C=O) groups excluding carboxylic acids is 1. The van der Waals surface area contributed by atoms with Gasteiger partial charge >= 0.3 is 6.03 Å². The van der Waals surface area contributed by atoms with Gasteiger partial charge in [-0.2, -0.15) is 0 Å². The number of aryl methyl sites for hydroxylation is 1. The summed E-state index contributed by atoms with van der Waals surface area (Å²) < 4.78 is 6.09. The third-order valence-electron chi connectivity index (χ3n) is 3.48. The number of halogens is 1. The first-order chi connectivity index (χ1) is 11.0.